The Hall–Kier alpha value is -1.90. The number of aliphatic hydroxyl groups excluding tert-OH is 1. The van der Waals surface area contributed by atoms with Crippen LogP contribution in [0.15, 0.2) is 18.2 Å². The summed E-state index contributed by atoms with van der Waals surface area (Å²) >= 11 is 0. The first-order chi connectivity index (χ1) is 10.1. The third-order valence-electron chi connectivity index (χ3n) is 3.56. The lowest BCUT2D eigenvalue weighted by atomic mass is 9.99. The number of hydrogen-bond donors (Lipinski definition) is 2. The topological polar surface area (TPSA) is 58.6 Å². The number of carbonyl (C=O) groups is 1. The fourth-order valence-corrected chi connectivity index (χ4v) is 2.30. The summed E-state index contributed by atoms with van der Waals surface area (Å²) in [5.41, 5.74) is 0.583. The molecule has 1 heterocycles. The van der Waals surface area contributed by atoms with Crippen LogP contribution in [0.4, 0.5) is 4.39 Å². The Morgan fingerprint density at radius 2 is 2.43 bits per heavy atom. The molecule has 112 valence electrons. The van der Waals surface area contributed by atoms with Crippen LogP contribution in [0, 0.1) is 23.6 Å². The summed E-state index contributed by atoms with van der Waals surface area (Å²) in [6.07, 6.45) is 0.919. The molecule has 5 heteroatoms. The Labute approximate surface area is 123 Å². The maximum Gasteiger partial charge on any atom is 0.252 e. The SMILES string of the molecule is CC(NC(=O)c1ccc(F)cc1C#CCO)C1CCOC1. The quantitative estimate of drug-likeness (QED) is 0.826. The molecule has 0 bridgehead atoms. The molecule has 1 aromatic rings. The number of aliphatic hydroxyl groups is 1. The first-order valence-electron chi connectivity index (χ1n) is 6.89. The highest BCUT2D eigenvalue weighted by Crippen LogP contribution is 2.17. The van der Waals surface area contributed by atoms with Crippen LogP contribution >= 0.6 is 0 Å². The number of halogens is 1. The summed E-state index contributed by atoms with van der Waals surface area (Å²) in [6, 6.07) is 3.80. The molecule has 1 aromatic carbocycles. The van der Waals surface area contributed by atoms with Gasteiger partial charge < -0.3 is 15.2 Å². The summed E-state index contributed by atoms with van der Waals surface area (Å²) in [5, 5.41) is 11.6. The van der Waals surface area contributed by atoms with Gasteiger partial charge in [-0.3, -0.25) is 4.79 Å². The van der Waals surface area contributed by atoms with Gasteiger partial charge in [-0.2, -0.15) is 0 Å². The molecule has 2 N–H and O–H groups in total. The van der Waals surface area contributed by atoms with Gasteiger partial charge in [-0.1, -0.05) is 11.8 Å². The van der Waals surface area contributed by atoms with Crippen molar-refractivity contribution in [1.29, 1.82) is 0 Å². The molecule has 4 nitrogen and oxygen atoms in total. The van der Waals surface area contributed by atoms with Crippen molar-refractivity contribution in [1.82, 2.24) is 5.32 Å². The molecule has 1 amide bonds. The molecule has 1 fully saturated rings. The average molecular weight is 291 g/mol. The lowest BCUT2D eigenvalue weighted by Crippen LogP contribution is -2.38. The predicted octanol–water partition coefficient (Wildman–Crippen LogP) is 1.32. The van der Waals surface area contributed by atoms with E-state index in [0.717, 1.165) is 6.42 Å². The molecular weight excluding hydrogens is 273 g/mol. The lowest BCUT2D eigenvalue weighted by Gasteiger charge is -2.19. The average Bonchev–Trinajstić information content (AvgIpc) is 2.99. The largest absolute Gasteiger partial charge is 0.384 e. The molecule has 2 unspecified atom stereocenters. The third kappa shape index (κ3) is 4.03. The van der Waals surface area contributed by atoms with Crippen LogP contribution in [0.3, 0.4) is 0 Å². The zero-order valence-corrected chi connectivity index (χ0v) is 11.9. The van der Waals surface area contributed by atoms with Gasteiger partial charge in [0.25, 0.3) is 5.91 Å². The summed E-state index contributed by atoms with van der Waals surface area (Å²) in [7, 11) is 0. The molecule has 0 aliphatic carbocycles. The van der Waals surface area contributed by atoms with Crippen molar-refractivity contribution in [2.75, 3.05) is 19.8 Å². The van der Waals surface area contributed by atoms with Crippen molar-refractivity contribution in [3.63, 3.8) is 0 Å². The standard InChI is InChI=1S/C16H18FNO3/c1-11(13-6-8-21-10-13)18-16(20)15-5-4-14(17)9-12(15)3-2-7-19/h4-5,9,11,13,19H,6-8,10H2,1H3,(H,18,20). The highest BCUT2D eigenvalue weighted by molar-refractivity contribution is 5.96. The van der Waals surface area contributed by atoms with E-state index in [1.54, 1.807) is 0 Å². The maximum atomic E-state index is 13.3. The maximum absolute atomic E-state index is 13.3. The molecule has 0 spiro atoms. The number of hydrogen-bond acceptors (Lipinski definition) is 3. The number of rotatable bonds is 3. The van der Waals surface area contributed by atoms with E-state index in [-0.39, 0.29) is 24.1 Å². The zero-order chi connectivity index (χ0) is 15.2. The number of carbonyl (C=O) groups excluding carboxylic acids is 1. The van der Waals surface area contributed by atoms with Gasteiger partial charge in [0.15, 0.2) is 0 Å². The number of amides is 1. The van der Waals surface area contributed by atoms with Gasteiger partial charge in [-0.25, -0.2) is 4.39 Å². The van der Waals surface area contributed by atoms with Crippen molar-refractivity contribution in [3.05, 3.63) is 35.1 Å². The summed E-state index contributed by atoms with van der Waals surface area (Å²) in [6.45, 7) is 2.95. The van der Waals surface area contributed by atoms with E-state index in [1.165, 1.54) is 18.2 Å². The predicted molar refractivity (Wildman–Crippen MR) is 76.2 cm³/mol. The Morgan fingerprint density at radius 3 is 3.10 bits per heavy atom. The molecule has 1 aliphatic heterocycles. The molecular formula is C16H18FNO3. The minimum Gasteiger partial charge on any atom is -0.384 e. The molecule has 0 saturated carbocycles. The number of benzene rings is 1. The van der Waals surface area contributed by atoms with Crippen LogP contribution in [0.5, 0.6) is 0 Å². The van der Waals surface area contributed by atoms with Gasteiger partial charge >= 0.3 is 0 Å². The molecule has 2 rings (SSSR count). The van der Waals surface area contributed by atoms with Gasteiger partial charge in [0.2, 0.25) is 0 Å². The van der Waals surface area contributed by atoms with E-state index in [0.29, 0.717) is 24.7 Å². The van der Waals surface area contributed by atoms with Crippen LogP contribution in [-0.4, -0.2) is 36.9 Å². The monoisotopic (exact) mass is 291 g/mol. The van der Waals surface area contributed by atoms with E-state index in [2.05, 4.69) is 17.2 Å². The van der Waals surface area contributed by atoms with Gasteiger partial charge in [-0.05, 0) is 31.5 Å². The minimum atomic E-state index is -0.467. The second kappa shape index (κ2) is 7.21. The van der Waals surface area contributed by atoms with Crippen molar-refractivity contribution in [3.8, 4) is 11.8 Å². The molecule has 1 aliphatic rings. The molecule has 0 aromatic heterocycles. The van der Waals surface area contributed by atoms with Crippen molar-refractivity contribution in [2.45, 2.75) is 19.4 Å². The van der Waals surface area contributed by atoms with Gasteiger partial charge in [-0.15, -0.1) is 0 Å². The lowest BCUT2D eigenvalue weighted by molar-refractivity contribution is 0.0922. The van der Waals surface area contributed by atoms with Gasteiger partial charge in [0, 0.05) is 24.1 Å². The van der Waals surface area contributed by atoms with Crippen LogP contribution < -0.4 is 5.32 Å². The summed E-state index contributed by atoms with van der Waals surface area (Å²) in [4.78, 5) is 12.3. The van der Waals surface area contributed by atoms with Crippen LogP contribution in [-0.2, 0) is 4.74 Å². The highest BCUT2D eigenvalue weighted by Gasteiger charge is 2.24. The van der Waals surface area contributed by atoms with E-state index >= 15 is 0 Å². The Balaban J connectivity index is 2.14. The fourth-order valence-electron chi connectivity index (χ4n) is 2.30. The highest BCUT2D eigenvalue weighted by atomic mass is 19.1. The summed E-state index contributed by atoms with van der Waals surface area (Å²) < 4.78 is 18.6. The molecule has 2 atom stereocenters. The second-order valence-corrected chi connectivity index (χ2v) is 5.04. The Morgan fingerprint density at radius 1 is 1.62 bits per heavy atom. The molecule has 21 heavy (non-hydrogen) atoms. The zero-order valence-electron chi connectivity index (χ0n) is 11.9. The van der Waals surface area contributed by atoms with Crippen LogP contribution in [0.1, 0.15) is 29.3 Å². The molecule has 1 saturated heterocycles. The first-order valence-corrected chi connectivity index (χ1v) is 6.89. The van der Waals surface area contributed by atoms with E-state index in [4.69, 9.17) is 9.84 Å². The van der Waals surface area contributed by atoms with Crippen molar-refractivity contribution >= 4 is 5.91 Å². The third-order valence-corrected chi connectivity index (χ3v) is 3.56. The number of nitrogens with one attached hydrogen (secondary N) is 1. The fraction of sp³-hybridized carbons (Fsp3) is 0.438. The summed E-state index contributed by atoms with van der Waals surface area (Å²) in [5.74, 6) is 4.57. The smallest absolute Gasteiger partial charge is 0.252 e. The van der Waals surface area contributed by atoms with Gasteiger partial charge in [0.05, 0.1) is 12.2 Å². The first kappa shape index (κ1) is 15.5. The Kier molecular flexibility index (Phi) is 5.32. The van der Waals surface area contributed by atoms with Crippen LogP contribution in [0.25, 0.3) is 0 Å². The second-order valence-electron chi connectivity index (χ2n) is 5.04. The van der Waals surface area contributed by atoms with E-state index < -0.39 is 5.82 Å². The number of ether oxygens (including phenoxy) is 1. The van der Waals surface area contributed by atoms with E-state index in [1.807, 2.05) is 6.92 Å². The van der Waals surface area contributed by atoms with Crippen molar-refractivity contribution < 1.29 is 19.0 Å². The molecule has 0 radical (unpaired) electrons. The van der Waals surface area contributed by atoms with Crippen LogP contribution in [0.2, 0.25) is 0 Å². The normalized spacial score (nSPS) is 18.7. The van der Waals surface area contributed by atoms with Crippen molar-refractivity contribution in [2.24, 2.45) is 5.92 Å². The van der Waals surface area contributed by atoms with E-state index in [9.17, 15) is 9.18 Å². The minimum absolute atomic E-state index is 0.0243. The Bertz CT molecular complexity index is 571. The van der Waals surface area contributed by atoms with Gasteiger partial charge in [0.1, 0.15) is 12.4 Å².